The zero-order valence-corrected chi connectivity index (χ0v) is 16.6. The van der Waals surface area contributed by atoms with Crippen LogP contribution in [0.1, 0.15) is 28.9 Å². The zero-order chi connectivity index (χ0) is 18.4. The van der Waals surface area contributed by atoms with Gasteiger partial charge in [-0.05, 0) is 42.5 Å². The van der Waals surface area contributed by atoms with Crippen molar-refractivity contribution in [3.05, 3.63) is 70.3 Å². The minimum atomic E-state index is -0.0255. The number of benzene rings is 2. The van der Waals surface area contributed by atoms with Crippen LogP contribution in [0.5, 0.6) is 0 Å². The number of rotatable bonds is 5. The lowest BCUT2D eigenvalue weighted by Gasteiger charge is -2.42. The molecule has 2 aromatic carbocycles. The minimum absolute atomic E-state index is 0.0255. The van der Waals surface area contributed by atoms with Crippen molar-refractivity contribution in [2.24, 2.45) is 5.92 Å². The monoisotopic (exact) mass is 423 g/mol. The second kappa shape index (κ2) is 6.50. The van der Waals surface area contributed by atoms with Crippen LogP contribution in [0.25, 0.3) is 10.9 Å². The SMILES string of the molecule is O=C(NCC12CC(CN1Cc1ccccc1)C2)c1cc2c(Br)cccc2[nH]1. The van der Waals surface area contributed by atoms with Gasteiger partial charge in [0.05, 0.1) is 0 Å². The molecule has 3 aromatic rings. The fourth-order valence-corrected chi connectivity index (χ4v) is 5.26. The first kappa shape index (κ1) is 17.0. The predicted octanol–water partition coefficient (Wildman–Crippen LogP) is 4.32. The van der Waals surface area contributed by atoms with Crippen molar-refractivity contribution in [1.82, 2.24) is 15.2 Å². The van der Waals surface area contributed by atoms with Crippen molar-refractivity contribution in [3.63, 3.8) is 0 Å². The topological polar surface area (TPSA) is 48.1 Å². The van der Waals surface area contributed by atoms with Gasteiger partial charge in [0.2, 0.25) is 0 Å². The van der Waals surface area contributed by atoms with Gasteiger partial charge in [0, 0.05) is 40.5 Å². The lowest BCUT2D eigenvalue weighted by molar-refractivity contribution is 0.0795. The van der Waals surface area contributed by atoms with Crippen molar-refractivity contribution in [2.45, 2.75) is 24.9 Å². The van der Waals surface area contributed by atoms with Gasteiger partial charge in [-0.2, -0.15) is 0 Å². The Labute approximate surface area is 167 Å². The van der Waals surface area contributed by atoms with Crippen LogP contribution >= 0.6 is 15.9 Å². The van der Waals surface area contributed by atoms with Crippen LogP contribution < -0.4 is 5.32 Å². The Morgan fingerprint density at radius 3 is 2.78 bits per heavy atom. The van der Waals surface area contributed by atoms with Crippen LogP contribution in [-0.4, -0.2) is 34.4 Å². The summed E-state index contributed by atoms with van der Waals surface area (Å²) in [5.74, 6) is 0.761. The summed E-state index contributed by atoms with van der Waals surface area (Å²) in [6.45, 7) is 2.82. The molecule has 4 nitrogen and oxygen atoms in total. The van der Waals surface area contributed by atoms with E-state index in [2.05, 4.69) is 61.5 Å². The maximum atomic E-state index is 12.7. The quantitative estimate of drug-likeness (QED) is 0.641. The number of fused-ring (bicyclic) bond motifs is 2. The van der Waals surface area contributed by atoms with Crippen LogP contribution in [0.4, 0.5) is 0 Å². The number of aromatic nitrogens is 1. The fourth-order valence-electron chi connectivity index (χ4n) is 4.78. The highest BCUT2D eigenvalue weighted by Gasteiger charge is 2.55. The molecule has 2 N–H and O–H groups in total. The molecule has 1 aliphatic carbocycles. The van der Waals surface area contributed by atoms with Gasteiger partial charge < -0.3 is 10.3 Å². The number of carbonyl (C=O) groups is 1. The number of aromatic amines is 1. The molecule has 0 radical (unpaired) electrons. The van der Waals surface area contributed by atoms with Gasteiger partial charge in [0.25, 0.3) is 5.91 Å². The van der Waals surface area contributed by atoms with Crippen LogP contribution in [-0.2, 0) is 6.54 Å². The lowest BCUT2D eigenvalue weighted by Crippen LogP contribution is -2.53. The summed E-state index contributed by atoms with van der Waals surface area (Å²) in [5, 5.41) is 4.23. The average Bonchev–Trinajstić information content (AvgIpc) is 3.32. The number of hydrogen-bond donors (Lipinski definition) is 2. The molecule has 138 valence electrons. The Morgan fingerprint density at radius 2 is 2.00 bits per heavy atom. The highest BCUT2D eigenvalue weighted by atomic mass is 79.9. The Hall–Kier alpha value is -2.11. The van der Waals surface area contributed by atoms with Gasteiger partial charge in [-0.25, -0.2) is 0 Å². The zero-order valence-electron chi connectivity index (χ0n) is 15.0. The summed E-state index contributed by atoms with van der Waals surface area (Å²) in [7, 11) is 0. The minimum Gasteiger partial charge on any atom is -0.350 e. The van der Waals surface area contributed by atoms with Crippen LogP contribution in [0.15, 0.2) is 59.1 Å². The molecule has 1 amide bonds. The van der Waals surface area contributed by atoms with Crippen molar-refractivity contribution in [2.75, 3.05) is 13.1 Å². The van der Waals surface area contributed by atoms with E-state index in [4.69, 9.17) is 0 Å². The van der Waals surface area contributed by atoms with Gasteiger partial charge in [-0.1, -0.05) is 52.3 Å². The van der Waals surface area contributed by atoms with Crippen LogP contribution in [0.2, 0.25) is 0 Å². The molecule has 2 bridgehead atoms. The molecular formula is C22H22BrN3O. The van der Waals surface area contributed by atoms with Crippen LogP contribution in [0, 0.1) is 5.92 Å². The van der Waals surface area contributed by atoms with Crippen molar-refractivity contribution >= 4 is 32.7 Å². The Balaban J connectivity index is 1.28. The number of halogens is 1. The number of nitrogens with one attached hydrogen (secondary N) is 2. The largest absolute Gasteiger partial charge is 0.350 e. The number of carbonyl (C=O) groups excluding carboxylic acids is 1. The molecule has 0 unspecified atom stereocenters. The summed E-state index contributed by atoms with van der Waals surface area (Å²) in [6.07, 6.45) is 2.39. The molecule has 3 fully saturated rings. The maximum absolute atomic E-state index is 12.7. The van der Waals surface area contributed by atoms with E-state index in [1.807, 2.05) is 24.3 Å². The van der Waals surface area contributed by atoms with Crippen LogP contribution in [0.3, 0.4) is 0 Å². The normalized spacial score (nSPS) is 24.1. The molecule has 0 spiro atoms. The fraction of sp³-hybridized carbons (Fsp3) is 0.318. The van der Waals surface area contributed by atoms with E-state index < -0.39 is 0 Å². The molecule has 5 heteroatoms. The standard InChI is InChI=1S/C22H22BrN3O/c23-18-7-4-8-19-17(18)9-20(25-19)21(27)24-14-22-10-16(11-22)13-26(22)12-15-5-2-1-3-6-15/h1-9,16,25H,10-14H2,(H,24,27). The molecule has 2 saturated heterocycles. The number of amides is 1. The second-order valence-corrected chi connectivity index (χ2v) is 8.79. The van der Waals surface area contributed by atoms with Gasteiger partial charge in [0.1, 0.15) is 5.69 Å². The molecular weight excluding hydrogens is 402 g/mol. The van der Waals surface area contributed by atoms with E-state index in [0.717, 1.165) is 34.4 Å². The molecule has 1 saturated carbocycles. The molecule has 1 aromatic heterocycles. The molecule has 0 atom stereocenters. The van der Waals surface area contributed by atoms with E-state index in [0.29, 0.717) is 12.2 Å². The Kier molecular flexibility index (Phi) is 4.10. The van der Waals surface area contributed by atoms with E-state index in [9.17, 15) is 4.79 Å². The highest BCUT2D eigenvalue weighted by molar-refractivity contribution is 9.10. The second-order valence-electron chi connectivity index (χ2n) is 7.93. The third-order valence-electron chi connectivity index (χ3n) is 6.14. The number of H-pyrrole nitrogens is 1. The Bertz CT molecular complexity index is 991. The number of hydrogen-bond acceptors (Lipinski definition) is 2. The summed E-state index contributed by atoms with van der Waals surface area (Å²) in [5.41, 5.74) is 3.07. The molecule has 3 aliphatic rings. The molecule has 27 heavy (non-hydrogen) atoms. The molecule has 2 aliphatic heterocycles. The third-order valence-corrected chi connectivity index (χ3v) is 6.83. The average molecular weight is 424 g/mol. The summed E-state index contributed by atoms with van der Waals surface area (Å²) in [4.78, 5) is 18.5. The van der Waals surface area contributed by atoms with Gasteiger partial charge >= 0.3 is 0 Å². The summed E-state index contributed by atoms with van der Waals surface area (Å²) in [6, 6.07) is 18.5. The third kappa shape index (κ3) is 2.99. The first-order valence-electron chi connectivity index (χ1n) is 9.47. The highest BCUT2D eigenvalue weighted by Crippen LogP contribution is 2.50. The van der Waals surface area contributed by atoms with Crippen molar-refractivity contribution in [1.29, 1.82) is 0 Å². The van der Waals surface area contributed by atoms with E-state index in [1.165, 1.54) is 18.4 Å². The first-order valence-corrected chi connectivity index (χ1v) is 10.3. The predicted molar refractivity (Wildman–Crippen MR) is 111 cm³/mol. The van der Waals surface area contributed by atoms with E-state index in [-0.39, 0.29) is 11.4 Å². The maximum Gasteiger partial charge on any atom is 0.267 e. The summed E-state index contributed by atoms with van der Waals surface area (Å²) >= 11 is 3.55. The first-order chi connectivity index (χ1) is 13.1. The molecule has 3 heterocycles. The van der Waals surface area contributed by atoms with Gasteiger partial charge in [-0.15, -0.1) is 0 Å². The van der Waals surface area contributed by atoms with Crippen molar-refractivity contribution < 1.29 is 4.79 Å². The Morgan fingerprint density at radius 1 is 1.19 bits per heavy atom. The smallest absolute Gasteiger partial charge is 0.267 e. The van der Waals surface area contributed by atoms with E-state index >= 15 is 0 Å². The van der Waals surface area contributed by atoms with Gasteiger partial charge in [-0.3, -0.25) is 9.69 Å². The van der Waals surface area contributed by atoms with Crippen molar-refractivity contribution in [3.8, 4) is 0 Å². The number of nitrogens with zero attached hydrogens (tertiary/aromatic N) is 1. The summed E-state index contributed by atoms with van der Waals surface area (Å²) < 4.78 is 1.00. The lowest BCUT2D eigenvalue weighted by atomic mass is 9.73. The molecule has 6 rings (SSSR count). The van der Waals surface area contributed by atoms with E-state index in [1.54, 1.807) is 0 Å². The van der Waals surface area contributed by atoms with Gasteiger partial charge in [0.15, 0.2) is 0 Å².